The number of fused-ring (bicyclic) bond motifs is 1. The van der Waals surface area contributed by atoms with Crippen molar-refractivity contribution in [3.8, 4) is 11.5 Å². The van der Waals surface area contributed by atoms with Gasteiger partial charge >= 0.3 is 0 Å². The van der Waals surface area contributed by atoms with Crippen LogP contribution in [0.3, 0.4) is 0 Å². The molecule has 0 saturated carbocycles. The minimum Gasteiger partial charge on any atom is -0.489 e. The van der Waals surface area contributed by atoms with Gasteiger partial charge in [0.15, 0.2) is 5.75 Å². The van der Waals surface area contributed by atoms with E-state index in [2.05, 4.69) is 0 Å². The Morgan fingerprint density at radius 2 is 2.27 bits per heavy atom. The lowest BCUT2D eigenvalue weighted by Gasteiger charge is -2.01. The van der Waals surface area contributed by atoms with Gasteiger partial charge in [0.25, 0.3) is 0 Å². The van der Waals surface area contributed by atoms with E-state index in [4.69, 9.17) is 4.74 Å². The average Bonchev–Trinajstić information content (AvgIpc) is 2.45. The molecule has 1 radical (unpaired) electrons. The van der Waals surface area contributed by atoms with Crippen LogP contribution in [0.2, 0.25) is 0 Å². The maximum absolute atomic E-state index is 11.1. The standard InChI is InChI=1S/C9H9O2/c1-6-2-3-8(10)9-7(6)4-5-11-9/h2-3H,4-5H2,1H3. The van der Waals surface area contributed by atoms with E-state index in [9.17, 15) is 5.11 Å². The van der Waals surface area contributed by atoms with E-state index in [0.717, 1.165) is 17.5 Å². The van der Waals surface area contributed by atoms with Gasteiger partial charge in [-0.25, -0.2) is 0 Å². The molecule has 1 aliphatic heterocycles. The smallest absolute Gasteiger partial charge is 0.220 e. The number of hydrogen-bond acceptors (Lipinski definition) is 1. The first kappa shape index (κ1) is 6.53. The first-order chi connectivity index (χ1) is 5.29. The predicted octanol–water partition coefficient (Wildman–Crippen LogP) is 2.07. The summed E-state index contributed by atoms with van der Waals surface area (Å²) in [7, 11) is 0. The molecule has 2 heteroatoms. The molecule has 0 fully saturated rings. The largest absolute Gasteiger partial charge is 0.489 e. The highest BCUT2D eigenvalue weighted by Gasteiger charge is 2.18. The SMILES string of the molecule is Cc1ccc([O])c2c1CCO2. The maximum atomic E-state index is 11.1. The summed E-state index contributed by atoms with van der Waals surface area (Å²) >= 11 is 0. The topological polar surface area (TPSA) is 29.1 Å². The molecule has 57 valence electrons. The van der Waals surface area contributed by atoms with Gasteiger partial charge in [-0.05, 0) is 18.6 Å². The monoisotopic (exact) mass is 149 g/mol. The molecule has 1 aromatic carbocycles. The summed E-state index contributed by atoms with van der Waals surface area (Å²) in [4.78, 5) is 0. The number of ether oxygens (including phenoxy) is 1. The highest BCUT2D eigenvalue weighted by molar-refractivity contribution is 5.51. The fourth-order valence-corrected chi connectivity index (χ4v) is 1.43. The fourth-order valence-electron chi connectivity index (χ4n) is 1.43. The number of benzene rings is 1. The molecule has 0 aliphatic carbocycles. The normalized spacial score (nSPS) is 14.3. The van der Waals surface area contributed by atoms with E-state index < -0.39 is 0 Å². The van der Waals surface area contributed by atoms with Crippen molar-refractivity contribution in [3.63, 3.8) is 0 Å². The van der Waals surface area contributed by atoms with E-state index in [1.54, 1.807) is 6.07 Å². The van der Waals surface area contributed by atoms with Crippen molar-refractivity contribution in [1.82, 2.24) is 0 Å². The van der Waals surface area contributed by atoms with Gasteiger partial charge in [-0.2, -0.15) is 0 Å². The van der Waals surface area contributed by atoms with Crippen LogP contribution in [0.1, 0.15) is 11.1 Å². The van der Waals surface area contributed by atoms with Crippen LogP contribution >= 0.6 is 0 Å². The molecule has 2 rings (SSSR count). The molecular weight excluding hydrogens is 140 g/mol. The Hall–Kier alpha value is -1.18. The van der Waals surface area contributed by atoms with Crippen molar-refractivity contribution in [3.05, 3.63) is 23.3 Å². The van der Waals surface area contributed by atoms with E-state index in [0.29, 0.717) is 12.4 Å². The summed E-state index contributed by atoms with van der Waals surface area (Å²) in [6, 6.07) is 3.43. The minimum atomic E-state index is 0.0168. The van der Waals surface area contributed by atoms with Crippen LogP contribution in [0.4, 0.5) is 0 Å². The van der Waals surface area contributed by atoms with Crippen LogP contribution in [-0.2, 0) is 11.5 Å². The molecule has 0 N–H and O–H groups in total. The molecule has 11 heavy (non-hydrogen) atoms. The Kier molecular flexibility index (Phi) is 1.28. The zero-order valence-corrected chi connectivity index (χ0v) is 6.39. The zero-order valence-electron chi connectivity index (χ0n) is 6.39. The van der Waals surface area contributed by atoms with E-state index in [1.807, 2.05) is 13.0 Å². The molecule has 1 aliphatic rings. The van der Waals surface area contributed by atoms with Crippen molar-refractivity contribution < 1.29 is 9.84 Å². The second-order valence-electron chi connectivity index (χ2n) is 2.79. The van der Waals surface area contributed by atoms with Crippen molar-refractivity contribution in [2.45, 2.75) is 13.3 Å². The molecule has 0 saturated heterocycles. The Morgan fingerprint density at radius 3 is 3.00 bits per heavy atom. The second kappa shape index (κ2) is 2.16. The lowest BCUT2D eigenvalue weighted by Crippen LogP contribution is -1.86. The summed E-state index contributed by atoms with van der Waals surface area (Å²) in [6.45, 7) is 2.67. The Bertz CT molecular complexity index is 263. The number of aryl methyl sites for hydroxylation is 1. The van der Waals surface area contributed by atoms with Crippen LogP contribution < -0.4 is 4.74 Å². The van der Waals surface area contributed by atoms with Crippen LogP contribution in [0.25, 0.3) is 0 Å². The maximum Gasteiger partial charge on any atom is 0.220 e. The second-order valence-corrected chi connectivity index (χ2v) is 2.79. The quantitative estimate of drug-likeness (QED) is 0.555. The Morgan fingerprint density at radius 1 is 1.45 bits per heavy atom. The molecule has 0 amide bonds. The Labute approximate surface area is 65.4 Å². The molecule has 0 atom stereocenters. The molecule has 1 aromatic rings. The first-order valence-corrected chi connectivity index (χ1v) is 3.71. The molecule has 1 heterocycles. The molecule has 0 bridgehead atoms. The van der Waals surface area contributed by atoms with Gasteiger partial charge in [0.2, 0.25) is 5.75 Å². The number of rotatable bonds is 0. The van der Waals surface area contributed by atoms with Crippen LogP contribution in [0.5, 0.6) is 11.5 Å². The summed E-state index contributed by atoms with van der Waals surface area (Å²) in [6.07, 6.45) is 0.886. The van der Waals surface area contributed by atoms with E-state index >= 15 is 0 Å². The third kappa shape index (κ3) is 0.862. The van der Waals surface area contributed by atoms with Gasteiger partial charge in [0.1, 0.15) is 0 Å². The molecule has 2 nitrogen and oxygen atoms in total. The summed E-state index contributed by atoms with van der Waals surface area (Å²) in [5.41, 5.74) is 2.26. The summed E-state index contributed by atoms with van der Waals surface area (Å²) < 4.78 is 5.20. The van der Waals surface area contributed by atoms with Gasteiger partial charge in [-0.15, -0.1) is 0 Å². The van der Waals surface area contributed by atoms with Gasteiger partial charge in [0.05, 0.1) is 6.61 Å². The lowest BCUT2D eigenvalue weighted by molar-refractivity contribution is 0.300. The van der Waals surface area contributed by atoms with Crippen molar-refractivity contribution >= 4 is 0 Å². The van der Waals surface area contributed by atoms with Crippen molar-refractivity contribution in [2.24, 2.45) is 0 Å². The highest BCUT2D eigenvalue weighted by atomic mass is 16.5. The van der Waals surface area contributed by atoms with Gasteiger partial charge in [-0.3, -0.25) is 5.11 Å². The average molecular weight is 149 g/mol. The molecule has 0 spiro atoms. The van der Waals surface area contributed by atoms with Gasteiger partial charge in [-0.1, -0.05) is 6.07 Å². The van der Waals surface area contributed by atoms with Gasteiger partial charge < -0.3 is 4.74 Å². The van der Waals surface area contributed by atoms with Crippen LogP contribution in [-0.4, -0.2) is 6.61 Å². The number of hydrogen-bond donors (Lipinski definition) is 0. The van der Waals surface area contributed by atoms with Crippen molar-refractivity contribution in [1.29, 1.82) is 0 Å². The zero-order chi connectivity index (χ0) is 7.84. The minimum absolute atomic E-state index is 0.0168. The third-order valence-corrected chi connectivity index (χ3v) is 2.06. The summed E-state index contributed by atoms with van der Waals surface area (Å²) in [5.74, 6) is 0.591. The molecule has 0 aromatic heterocycles. The van der Waals surface area contributed by atoms with E-state index in [-0.39, 0.29) is 5.75 Å². The van der Waals surface area contributed by atoms with Crippen molar-refractivity contribution in [2.75, 3.05) is 6.61 Å². The predicted molar refractivity (Wildman–Crippen MR) is 40.5 cm³/mol. The van der Waals surface area contributed by atoms with Gasteiger partial charge in [0, 0.05) is 12.0 Å². The molecule has 0 unspecified atom stereocenters. The first-order valence-electron chi connectivity index (χ1n) is 3.71. The van der Waals surface area contributed by atoms with Crippen LogP contribution in [0, 0.1) is 6.92 Å². The lowest BCUT2D eigenvalue weighted by atomic mass is 10.1. The fraction of sp³-hybridized carbons (Fsp3) is 0.333. The van der Waals surface area contributed by atoms with E-state index in [1.165, 1.54) is 0 Å². The highest BCUT2D eigenvalue weighted by Crippen LogP contribution is 2.36. The molecular formula is C9H9O2. The Balaban J connectivity index is 2.64. The third-order valence-electron chi connectivity index (χ3n) is 2.06. The van der Waals surface area contributed by atoms with Crippen LogP contribution in [0.15, 0.2) is 12.1 Å². The summed E-state index contributed by atoms with van der Waals surface area (Å²) in [5, 5.41) is 11.1.